The van der Waals surface area contributed by atoms with E-state index >= 15 is 0 Å². The average Bonchev–Trinajstić information content (AvgIpc) is 2.76. The minimum absolute atomic E-state index is 0. The van der Waals surface area contributed by atoms with Crippen LogP contribution in [-0.2, 0) is 9.59 Å². The van der Waals surface area contributed by atoms with Gasteiger partial charge in [0.25, 0.3) is 0 Å². The largest absolute Gasteiger partial charge is 1.00 e. The summed E-state index contributed by atoms with van der Waals surface area (Å²) in [4.78, 5) is 23.9. The predicted molar refractivity (Wildman–Crippen MR) is 129 cm³/mol. The second-order valence-electron chi connectivity index (χ2n) is 10.5. The molecule has 1 amide bonds. The predicted octanol–water partition coefficient (Wildman–Crippen LogP) is 0.112. The van der Waals surface area contributed by atoms with Crippen LogP contribution in [0.2, 0.25) is 0 Å². The zero-order valence-corrected chi connectivity index (χ0v) is 24.4. The summed E-state index contributed by atoms with van der Waals surface area (Å²) >= 11 is 0. The van der Waals surface area contributed by atoms with E-state index in [0.29, 0.717) is 11.7 Å². The van der Waals surface area contributed by atoms with Crippen LogP contribution < -0.4 is 44.7 Å². The summed E-state index contributed by atoms with van der Waals surface area (Å²) in [5, 5.41) is 34.2. The van der Waals surface area contributed by atoms with Gasteiger partial charge in [0.2, 0.25) is 5.91 Å². The smallest absolute Gasteiger partial charge is 0.550 e. The molecule has 1 aliphatic carbocycles. The molecule has 0 unspecified atom stereocenters. The Labute approximate surface area is 232 Å². The number of amides is 1. The van der Waals surface area contributed by atoms with Gasteiger partial charge in [-0.05, 0) is 44.6 Å². The molecule has 1 saturated carbocycles. The summed E-state index contributed by atoms with van der Waals surface area (Å²) in [6.45, 7) is 9.78. The molecule has 3 N–H and O–H groups in total. The van der Waals surface area contributed by atoms with Crippen LogP contribution in [0.5, 0.6) is 5.75 Å². The van der Waals surface area contributed by atoms with E-state index in [1.54, 1.807) is 0 Å². The number of hydrogen-bond acceptors (Lipinski definition) is 6. The second-order valence-corrected chi connectivity index (χ2v) is 10.5. The quantitative estimate of drug-likeness (QED) is 0.352. The minimum Gasteiger partial charge on any atom is -0.550 e. The third-order valence-corrected chi connectivity index (χ3v) is 7.06. The average molecular weight is 500 g/mol. The third kappa shape index (κ3) is 9.69. The topological polar surface area (TPSA) is 119 Å². The summed E-state index contributed by atoms with van der Waals surface area (Å²) < 4.78 is 6.08. The number of ether oxygens (including phenoxy) is 1. The van der Waals surface area contributed by atoms with Gasteiger partial charge in [0.15, 0.2) is 0 Å². The molecule has 7 nitrogen and oxygen atoms in total. The zero-order valence-electron chi connectivity index (χ0n) is 22.4. The first-order valence-electron chi connectivity index (χ1n) is 12.6. The van der Waals surface area contributed by atoms with E-state index < -0.39 is 30.0 Å². The van der Waals surface area contributed by atoms with E-state index in [1.807, 2.05) is 40.7 Å². The number of nitrogens with one attached hydrogen (secondary N) is 1. The van der Waals surface area contributed by atoms with E-state index in [4.69, 9.17) is 4.74 Å². The van der Waals surface area contributed by atoms with Gasteiger partial charge in [-0.15, -0.1) is 0 Å². The van der Waals surface area contributed by atoms with Crippen molar-refractivity contribution in [1.82, 2.24) is 5.32 Å². The van der Waals surface area contributed by atoms with Gasteiger partial charge >= 0.3 is 29.6 Å². The number of aliphatic hydroxyl groups is 2. The van der Waals surface area contributed by atoms with Gasteiger partial charge in [-0.1, -0.05) is 57.7 Å². The maximum atomic E-state index is 13.2. The summed E-state index contributed by atoms with van der Waals surface area (Å²) in [7, 11) is 0. The number of carbonyl (C=O) groups excluding carboxylic acids is 2. The van der Waals surface area contributed by atoms with Crippen molar-refractivity contribution in [3.05, 3.63) is 28.8 Å². The molecule has 0 aliphatic heterocycles. The van der Waals surface area contributed by atoms with Crippen molar-refractivity contribution in [2.45, 2.75) is 104 Å². The molecular weight excluding hydrogens is 457 g/mol. The van der Waals surface area contributed by atoms with Gasteiger partial charge < -0.3 is 30.2 Å². The van der Waals surface area contributed by atoms with E-state index in [-0.39, 0.29) is 54.5 Å². The molecule has 0 spiro atoms. The molecule has 1 aromatic rings. The van der Waals surface area contributed by atoms with Gasteiger partial charge in [-0.2, -0.15) is 0 Å². The number of hydrogen-bond donors (Lipinski definition) is 3. The number of aliphatic hydroxyl groups excluding tert-OH is 2. The van der Waals surface area contributed by atoms with Crippen LogP contribution >= 0.6 is 0 Å². The Hall–Kier alpha value is -1.12. The normalized spacial score (nSPS) is 17.1. The van der Waals surface area contributed by atoms with Gasteiger partial charge in [-0.3, -0.25) is 4.79 Å². The fraction of sp³-hybridized carbons (Fsp3) is 0.704. The molecule has 0 saturated heterocycles. The minimum atomic E-state index is -1.36. The third-order valence-electron chi connectivity index (χ3n) is 7.06. The van der Waals surface area contributed by atoms with Crippen LogP contribution in [0.4, 0.5) is 0 Å². The van der Waals surface area contributed by atoms with E-state index in [2.05, 4.69) is 11.4 Å². The number of carboxylic acids is 1. The molecule has 0 aromatic heterocycles. The first-order chi connectivity index (χ1) is 15.9. The van der Waals surface area contributed by atoms with E-state index in [0.717, 1.165) is 48.8 Å². The number of carbonyl (C=O) groups is 2. The van der Waals surface area contributed by atoms with Gasteiger partial charge in [-0.25, -0.2) is 0 Å². The molecule has 0 bridgehead atoms. The summed E-state index contributed by atoms with van der Waals surface area (Å²) in [6, 6.07) is 3.86. The maximum absolute atomic E-state index is 13.2. The van der Waals surface area contributed by atoms with Crippen molar-refractivity contribution in [3.63, 3.8) is 0 Å². The second kappa shape index (κ2) is 14.6. The number of carboxylic acid groups (broad SMARTS) is 1. The Kier molecular flexibility index (Phi) is 13.3. The van der Waals surface area contributed by atoms with Crippen LogP contribution in [-0.4, -0.2) is 40.9 Å². The first kappa shape index (κ1) is 31.9. The Balaban J connectivity index is 0.00000612. The summed E-state index contributed by atoms with van der Waals surface area (Å²) in [5.41, 5.74) is 2.39. The summed E-state index contributed by atoms with van der Waals surface area (Å²) in [5.74, 6) is -0.424. The number of aryl methyl sites for hydroxylation is 2. The van der Waals surface area contributed by atoms with Crippen LogP contribution in [0.1, 0.15) is 94.9 Å². The Bertz CT molecular complexity index is 837. The molecule has 0 heterocycles. The van der Waals surface area contributed by atoms with Crippen molar-refractivity contribution >= 4 is 11.9 Å². The SMILES string of the molecule is CCC(C)(C)C(=O)N[C@H](c1cc(C)cc(C)c1OC[C@@H](O)C[C@@H](O)CC(=O)[O-])C1CCCCC1.[Na+]. The molecule has 1 fully saturated rings. The number of benzene rings is 1. The molecular formula is C27H42NNaO6. The Morgan fingerprint density at radius 2 is 1.77 bits per heavy atom. The summed E-state index contributed by atoms with van der Waals surface area (Å²) in [6.07, 6.45) is 3.35. The molecule has 0 radical (unpaired) electrons. The van der Waals surface area contributed by atoms with Gasteiger partial charge in [0, 0.05) is 29.8 Å². The van der Waals surface area contributed by atoms with Crippen LogP contribution in [0.3, 0.4) is 0 Å². The molecule has 3 atom stereocenters. The van der Waals surface area contributed by atoms with Crippen molar-refractivity contribution in [2.24, 2.45) is 11.3 Å². The van der Waals surface area contributed by atoms with Crippen molar-refractivity contribution < 1.29 is 59.2 Å². The van der Waals surface area contributed by atoms with Gasteiger partial charge in [0.1, 0.15) is 12.4 Å². The van der Waals surface area contributed by atoms with Crippen molar-refractivity contribution in [1.29, 1.82) is 0 Å². The molecule has 2 rings (SSSR count). The fourth-order valence-corrected chi connectivity index (χ4v) is 4.67. The van der Waals surface area contributed by atoms with Crippen LogP contribution in [0.15, 0.2) is 12.1 Å². The zero-order chi connectivity index (χ0) is 25.5. The van der Waals surface area contributed by atoms with E-state index in [1.165, 1.54) is 6.42 Å². The first-order valence-corrected chi connectivity index (χ1v) is 12.6. The molecule has 8 heteroatoms. The molecule has 192 valence electrons. The van der Waals surface area contributed by atoms with Gasteiger partial charge in [0.05, 0.1) is 18.2 Å². The van der Waals surface area contributed by atoms with Crippen molar-refractivity contribution in [3.8, 4) is 5.75 Å². The van der Waals surface area contributed by atoms with Crippen molar-refractivity contribution in [2.75, 3.05) is 6.61 Å². The maximum Gasteiger partial charge on any atom is 1.00 e. The number of aliphatic carboxylic acids is 1. The van der Waals surface area contributed by atoms with E-state index in [9.17, 15) is 24.9 Å². The number of rotatable bonds is 12. The Morgan fingerprint density at radius 3 is 2.34 bits per heavy atom. The van der Waals surface area contributed by atoms with Crippen LogP contribution in [0.25, 0.3) is 0 Å². The molecule has 35 heavy (non-hydrogen) atoms. The standard InChI is InChI=1S/C27H43NO6.Na/c1-6-27(4,5)26(33)28-24(19-10-8-7-9-11-19)22-13-17(2)12-18(3)25(22)34-16-21(30)14-20(29)15-23(31)32;/h12-13,19-21,24,29-30H,6-11,14-16H2,1-5H3,(H,28,33)(H,31,32);/q;+1/p-1/t20-,21+,24+;/m1./s1. The molecule has 1 aliphatic rings. The monoisotopic (exact) mass is 499 g/mol. The fourth-order valence-electron chi connectivity index (χ4n) is 4.67. The Morgan fingerprint density at radius 1 is 1.14 bits per heavy atom. The van der Waals surface area contributed by atoms with Crippen LogP contribution in [0, 0.1) is 25.2 Å². The molecule has 1 aromatic carbocycles.